The Morgan fingerprint density at radius 3 is 2.39 bits per heavy atom. The van der Waals surface area contributed by atoms with E-state index in [0.717, 1.165) is 12.5 Å². The second kappa shape index (κ2) is 6.91. The highest BCUT2D eigenvalue weighted by atomic mass is 16.5. The van der Waals surface area contributed by atoms with Crippen molar-refractivity contribution in [2.45, 2.75) is 82.8 Å². The lowest BCUT2D eigenvalue weighted by atomic mass is 9.70. The maximum atomic E-state index is 5.91. The molecule has 2 aliphatic rings. The Morgan fingerprint density at radius 2 is 1.89 bits per heavy atom. The second-order valence-electron chi connectivity index (χ2n) is 6.37. The molecule has 0 bridgehead atoms. The fraction of sp³-hybridized carbons (Fsp3) is 1.00. The molecule has 2 saturated carbocycles. The molecule has 106 valence electrons. The van der Waals surface area contributed by atoms with Gasteiger partial charge in [0.05, 0.1) is 5.60 Å². The third-order valence-corrected chi connectivity index (χ3v) is 5.18. The minimum atomic E-state index is 0.173. The lowest BCUT2D eigenvalue weighted by Gasteiger charge is -2.48. The van der Waals surface area contributed by atoms with Crippen LogP contribution in [0, 0.1) is 5.92 Å². The number of methoxy groups -OCH3 is 1. The van der Waals surface area contributed by atoms with E-state index in [1.807, 2.05) is 7.11 Å². The molecular formula is C16H31NO. The summed E-state index contributed by atoms with van der Waals surface area (Å²) in [6.45, 7) is 3.40. The Balaban J connectivity index is 1.90. The zero-order valence-electron chi connectivity index (χ0n) is 12.3. The Kier molecular flexibility index (Phi) is 5.50. The van der Waals surface area contributed by atoms with Crippen LogP contribution in [0.1, 0.15) is 71.1 Å². The van der Waals surface area contributed by atoms with Crippen LogP contribution in [-0.4, -0.2) is 25.3 Å². The Bertz CT molecular complexity index is 226. The molecule has 0 aromatic heterocycles. The lowest BCUT2D eigenvalue weighted by molar-refractivity contribution is -0.103. The summed E-state index contributed by atoms with van der Waals surface area (Å²) in [7, 11) is 1.92. The van der Waals surface area contributed by atoms with Crippen molar-refractivity contribution in [3.8, 4) is 0 Å². The van der Waals surface area contributed by atoms with Gasteiger partial charge in [-0.1, -0.05) is 39.0 Å². The number of ether oxygens (including phenoxy) is 1. The summed E-state index contributed by atoms with van der Waals surface area (Å²) >= 11 is 0. The van der Waals surface area contributed by atoms with E-state index >= 15 is 0 Å². The highest BCUT2D eigenvalue weighted by Gasteiger charge is 2.44. The van der Waals surface area contributed by atoms with Crippen LogP contribution < -0.4 is 5.32 Å². The number of hydrogen-bond donors (Lipinski definition) is 1. The van der Waals surface area contributed by atoms with Crippen molar-refractivity contribution < 1.29 is 4.74 Å². The minimum absolute atomic E-state index is 0.173. The van der Waals surface area contributed by atoms with E-state index in [-0.39, 0.29) is 5.60 Å². The van der Waals surface area contributed by atoms with E-state index in [0.29, 0.717) is 6.04 Å². The molecule has 0 heterocycles. The van der Waals surface area contributed by atoms with E-state index in [1.54, 1.807) is 0 Å². The molecule has 18 heavy (non-hydrogen) atoms. The van der Waals surface area contributed by atoms with Crippen molar-refractivity contribution in [2.75, 3.05) is 13.7 Å². The molecule has 2 fully saturated rings. The van der Waals surface area contributed by atoms with Gasteiger partial charge in [0.2, 0.25) is 0 Å². The van der Waals surface area contributed by atoms with Crippen molar-refractivity contribution >= 4 is 0 Å². The van der Waals surface area contributed by atoms with Gasteiger partial charge in [-0.05, 0) is 44.6 Å². The Morgan fingerprint density at radius 1 is 1.17 bits per heavy atom. The predicted molar refractivity (Wildman–Crippen MR) is 76.9 cm³/mol. The van der Waals surface area contributed by atoms with Crippen LogP contribution >= 0.6 is 0 Å². The van der Waals surface area contributed by atoms with Crippen molar-refractivity contribution in [1.82, 2.24) is 5.32 Å². The monoisotopic (exact) mass is 253 g/mol. The second-order valence-corrected chi connectivity index (χ2v) is 6.37. The van der Waals surface area contributed by atoms with Crippen molar-refractivity contribution in [3.05, 3.63) is 0 Å². The summed E-state index contributed by atoms with van der Waals surface area (Å²) in [6.07, 6.45) is 13.7. The number of nitrogens with one attached hydrogen (secondary N) is 1. The highest BCUT2D eigenvalue weighted by Crippen LogP contribution is 2.41. The van der Waals surface area contributed by atoms with Crippen molar-refractivity contribution in [3.63, 3.8) is 0 Å². The third kappa shape index (κ3) is 3.27. The lowest BCUT2D eigenvalue weighted by Crippen LogP contribution is -2.57. The summed E-state index contributed by atoms with van der Waals surface area (Å²) < 4.78 is 5.91. The van der Waals surface area contributed by atoms with Gasteiger partial charge in [0, 0.05) is 13.2 Å². The summed E-state index contributed by atoms with van der Waals surface area (Å²) in [5.41, 5.74) is 0.173. The van der Waals surface area contributed by atoms with Crippen LogP contribution in [0.5, 0.6) is 0 Å². The normalized spacial score (nSPS) is 25.7. The van der Waals surface area contributed by atoms with Crippen LogP contribution in [0.2, 0.25) is 0 Å². The molecule has 0 amide bonds. The first kappa shape index (κ1) is 14.3. The molecule has 2 nitrogen and oxygen atoms in total. The minimum Gasteiger partial charge on any atom is -0.377 e. The summed E-state index contributed by atoms with van der Waals surface area (Å²) in [5.74, 6) is 0.945. The van der Waals surface area contributed by atoms with Crippen molar-refractivity contribution in [2.24, 2.45) is 5.92 Å². The van der Waals surface area contributed by atoms with E-state index in [1.165, 1.54) is 64.2 Å². The van der Waals surface area contributed by atoms with Gasteiger partial charge >= 0.3 is 0 Å². The van der Waals surface area contributed by atoms with Gasteiger partial charge in [-0.25, -0.2) is 0 Å². The zero-order chi connectivity index (χ0) is 12.8. The topological polar surface area (TPSA) is 21.3 Å². The number of rotatable bonds is 7. The van der Waals surface area contributed by atoms with Crippen LogP contribution in [0.4, 0.5) is 0 Å². The summed E-state index contributed by atoms with van der Waals surface area (Å²) in [4.78, 5) is 0. The maximum Gasteiger partial charge on any atom is 0.0831 e. The average molecular weight is 253 g/mol. The summed E-state index contributed by atoms with van der Waals surface area (Å²) in [6, 6.07) is 0.597. The molecule has 2 heteroatoms. The van der Waals surface area contributed by atoms with Crippen LogP contribution in [0.3, 0.4) is 0 Å². The van der Waals surface area contributed by atoms with E-state index in [9.17, 15) is 0 Å². The molecular weight excluding hydrogens is 222 g/mol. The highest BCUT2D eigenvalue weighted by molar-refractivity contribution is 5.00. The molecule has 0 saturated heterocycles. The molecule has 1 N–H and O–H groups in total. The molecule has 2 aliphatic carbocycles. The first-order chi connectivity index (χ1) is 8.80. The molecule has 1 unspecified atom stereocenters. The first-order valence-corrected chi connectivity index (χ1v) is 8.09. The van der Waals surface area contributed by atoms with Gasteiger partial charge in [-0.3, -0.25) is 0 Å². The average Bonchev–Trinajstić information content (AvgIpc) is 2.36. The van der Waals surface area contributed by atoms with Gasteiger partial charge in [0.15, 0.2) is 0 Å². The van der Waals surface area contributed by atoms with Gasteiger partial charge in [-0.2, -0.15) is 0 Å². The SMILES string of the molecule is CCCNC(CC1CCCCC1)C1(OC)CCC1. The molecule has 2 rings (SSSR count). The molecule has 0 radical (unpaired) electrons. The van der Waals surface area contributed by atoms with Crippen LogP contribution in [0.15, 0.2) is 0 Å². The smallest absolute Gasteiger partial charge is 0.0831 e. The van der Waals surface area contributed by atoms with Crippen LogP contribution in [-0.2, 0) is 4.74 Å². The third-order valence-electron chi connectivity index (χ3n) is 5.18. The molecule has 0 aromatic rings. The fourth-order valence-electron chi connectivity index (χ4n) is 3.78. The Hall–Kier alpha value is -0.0800. The molecule has 0 aromatic carbocycles. The maximum absolute atomic E-state index is 5.91. The largest absolute Gasteiger partial charge is 0.377 e. The summed E-state index contributed by atoms with van der Waals surface area (Å²) in [5, 5.41) is 3.79. The standard InChI is InChI=1S/C16H31NO/c1-3-12-17-15(16(18-2)10-7-11-16)13-14-8-5-4-6-9-14/h14-15,17H,3-13H2,1-2H3. The first-order valence-electron chi connectivity index (χ1n) is 8.09. The van der Waals surface area contributed by atoms with Gasteiger partial charge in [0.25, 0.3) is 0 Å². The quantitative estimate of drug-likeness (QED) is 0.743. The molecule has 0 aliphatic heterocycles. The van der Waals surface area contributed by atoms with Crippen molar-refractivity contribution in [1.29, 1.82) is 0 Å². The zero-order valence-corrected chi connectivity index (χ0v) is 12.3. The van der Waals surface area contributed by atoms with Gasteiger partial charge in [-0.15, -0.1) is 0 Å². The van der Waals surface area contributed by atoms with Gasteiger partial charge in [0.1, 0.15) is 0 Å². The van der Waals surface area contributed by atoms with Gasteiger partial charge < -0.3 is 10.1 Å². The van der Waals surface area contributed by atoms with E-state index < -0.39 is 0 Å². The predicted octanol–water partition coefficient (Wildman–Crippen LogP) is 3.89. The molecule has 0 spiro atoms. The van der Waals surface area contributed by atoms with E-state index in [4.69, 9.17) is 4.74 Å². The Labute approximate surface area is 113 Å². The van der Waals surface area contributed by atoms with E-state index in [2.05, 4.69) is 12.2 Å². The molecule has 1 atom stereocenters. The van der Waals surface area contributed by atoms with Crippen LogP contribution in [0.25, 0.3) is 0 Å². The number of hydrogen-bond acceptors (Lipinski definition) is 2. The fourth-order valence-corrected chi connectivity index (χ4v) is 3.78.